The standard InChI is InChI=1S/C10H22N2O4S/c1-4-16-7-6-12(2)10(13)9(11)5-8-17(3,14)15/h9H,4-8,11H2,1-3H3. The normalized spacial score (nSPS) is 13.4. The number of likely N-dealkylation sites (N-methyl/N-ethyl adjacent to an activating group) is 1. The topological polar surface area (TPSA) is 89.7 Å². The molecule has 0 aliphatic rings. The second kappa shape index (κ2) is 7.62. The summed E-state index contributed by atoms with van der Waals surface area (Å²) in [5.41, 5.74) is 5.63. The second-order valence-corrected chi connectivity index (χ2v) is 6.24. The fraction of sp³-hybridized carbons (Fsp3) is 0.900. The van der Waals surface area contributed by atoms with Crippen LogP contribution in [0.15, 0.2) is 0 Å². The van der Waals surface area contributed by atoms with Gasteiger partial charge in [-0.15, -0.1) is 0 Å². The molecule has 0 bridgehead atoms. The number of hydrogen-bond acceptors (Lipinski definition) is 5. The number of nitrogens with two attached hydrogens (primary N) is 1. The van der Waals surface area contributed by atoms with Crippen molar-refractivity contribution in [2.75, 3.05) is 38.8 Å². The Morgan fingerprint density at radius 3 is 2.53 bits per heavy atom. The Balaban J connectivity index is 4.03. The van der Waals surface area contributed by atoms with E-state index in [2.05, 4.69) is 0 Å². The highest BCUT2D eigenvalue weighted by molar-refractivity contribution is 7.90. The first kappa shape index (κ1) is 16.3. The molecule has 0 saturated carbocycles. The maximum absolute atomic E-state index is 11.7. The zero-order valence-corrected chi connectivity index (χ0v) is 11.5. The van der Waals surface area contributed by atoms with Gasteiger partial charge in [-0.2, -0.15) is 0 Å². The molecule has 102 valence electrons. The van der Waals surface area contributed by atoms with Gasteiger partial charge in [0.2, 0.25) is 5.91 Å². The van der Waals surface area contributed by atoms with Gasteiger partial charge in [0, 0.05) is 26.5 Å². The molecule has 1 atom stereocenters. The van der Waals surface area contributed by atoms with Crippen molar-refractivity contribution in [3.8, 4) is 0 Å². The fourth-order valence-corrected chi connectivity index (χ4v) is 1.89. The second-order valence-electron chi connectivity index (χ2n) is 3.98. The first-order valence-electron chi connectivity index (χ1n) is 5.54. The predicted octanol–water partition coefficient (Wildman–Crippen LogP) is -0.757. The van der Waals surface area contributed by atoms with Crippen LogP contribution in [-0.4, -0.2) is 64.1 Å². The highest BCUT2D eigenvalue weighted by Gasteiger charge is 2.19. The third-order valence-corrected chi connectivity index (χ3v) is 3.25. The first-order valence-corrected chi connectivity index (χ1v) is 7.60. The quantitative estimate of drug-likeness (QED) is 0.583. The summed E-state index contributed by atoms with van der Waals surface area (Å²) in [6.07, 6.45) is 1.28. The highest BCUT2D eigenvalue weighted by atomic mass is 32.2. The summed E-state index contributed by atoms with van der Waals surface area (Å²) in [6.45, 7) is 3.39. The summed E-state index contributed by atoms with van der Waals surface area (Å²) < 4.78 is 27.0. The average Bonchev–Trinajstić information content (AvgIpc) is 2.24. The number of amides is 1. The Morgan fingerprint density at radius 2 is 2.06 bits per heavy atom. The summed E-state index contributed by atoms with van der Waals surface area (Å²) in [5.74, 6) is -0.326. The van der Waals surface area contributed by atoms with Crippen molar-refractivity contribution in [1.29, 1.82) is 0 Å². The van der Waals surface area contributed by atoms with E-state index in [1.165, 1.54) is 4.90 Å². The molecule has 0 radical (unpaired) electrons. The number of rotatable bonds is 8. The SMILES string of the molecule is CCOCCN(C)C(=O)C(N)CCS(C)(=O)=O. The van der Waals surface area contributed by atoms with Crippen LogP contribution in [0.25, 0.3) is 0 Å². The minimum atomic E-state index is -3.07. The van der Waals surface area contributed by atoms with Crippen molar-refractivity contribution in [2.45, 2.75) is 19.4 Å². The van der Waals surface area contributed by atoms with Gasteiger partial charge in [-0.05, 0) is 13.3 Å². The minimum Gasteiger partial charge on any atom is -0.380 e. The zero-order chi connectivity index (χ0) is 13.5. The molecule has 0 aromatic rings. The largest absolute Gasteiger partial charge is 0.380 e. The van der Waals surface area contributed by atoms with Crippen LogP contribution in [0.3, 0.4) is 0 Å². The van der Waals surface area contributed by atoms with Crippen molar-refractivity contribution in [3.05, 3.63) is 0 Å². The van der Waals surface area contributed by atoms with Gasteiger partial charge < -0.3 is 15.4 Å². The summed E-state index contributed by atoms with van der Waals surface area (Å²) in [7, 11) is -1.45. The third kappa shape index (κ3) is 8.12. The van der Waals surface area contributed by atoms with E-state index in [0.717, 1.165) is 6.26 Å². The number of sulfone groups is 1. The van der Waals surface area contributed by atoms with Gasteiger partial charge in [0.1, 0.15) is 9.84 Å². The lowest BCUT2D eigenvalue weighted by atomic mass is 10.2. The van der Waals surface area contributed by atoms with Crippen LogP contribution in [0, 0.1) is 0 Å². The van der Waals surface area contributed by atoms with Crippen LogP contribution in [0.1, 0.15) is 13.3 Å². The van der Waals surface area contributed by atoms with Gasteiger partial charge in [0.25, 0.3) is 0 Å². The van der Waals surface area contributed by atoms with Crippen molar-refractivity contribution in [1.82, 2.24) is 4.90 Å². The van der Waals surface area contributed by atoms with Gasteiger partial charge >= 0.3 is 0 Å². The van der Waals surface area contributed by atoms with Gasteiger partial charge in [0.05, 0.1) is 18.4 Å². The smallest absolute Gasteiger partial charge is 0.239 e. The molecule has 17 heavy (non-hydrogen) atoms. The van der Waals surface area contributed by atoms with E-state index in [9.17, 15) is 13.2 Å². The lowest BCUT2D eigenvalue weighted by molar-refractivity contribution is -0.131. The maximum Gasteiger partial charge on any atom is 0.239 e. The summed E-state index contributed by atoms with van der Waals surface area (Å²) in [4.78, 5) is 13.2. The molecule has 7 heteroatoms. The van der Waals surface area contributed by atoms with E-state index < -0.39 is 15.9 Å². The molecule has 0 heterocycles. The van der Waals surface area contributed by atoms with Gasteiger partial charge in [0.15, 0.2) is 0 Å². The zero-order valence-electron chi connectivity index (χ0n) is 10.7. The number of hydrogen-bond donors (Lipinski definition) is 1. The molecule has 6 nitrogen and oxygen atoms in total. The van der Waals surface area contributed by atoms with Crippen LogP contribution >= 0.6 is 0 Å². The third-order valence-electron chi connectivity index (χ3n) is 2.27. The van der Waals surface area contributed by atoms with Crippen molar-refractivity contribution >= 4 is 15.7 Å². The van der Waals surface area contributed by atoms with E-state index >= 15 is 0 Å². The number of nitrogens with zero attached hydrogens (tertiary/aromatic N) is 1. The van der Waals surface area contributed by atoms with E-state index in [0.29, 0.717) is 19.8 Å². The highest BCUT2D eigenvalue weighted by Crippen LogP contribution is 1.98. The lowest BCUT2D eigenvalue weighted by Gasteiger charge is -2.20. The molecular formula is C10H22N2O4S. The van der Waals surface area contributed by atoms with E-state index in [4.69, 9.17) is 10.5 Å². The number of carbonyl (C=O) groups excluding carboxylic acids is 1. The molecule has 1 amide bonds. The molecule has 0 saturated heterocycles. The van der Waals surface area contributed by atoms with Crippen LogP contribution < -0.4 is 5.73 Å². The van der Waals surface area contributed by atoms with Crippen LogP contribution in [0.4, 0.5) is 0 Å². The van der Waals surface area contributed by atoms with Crippen molar-refractivity contribution in [3.63, 3.8) is 0 Å². The molecule has 0 aliphatic carbocycles. The minimum absolute atomic E-state index is 0.0702. The van der Waals surface area contributed by atoms with E-state index in [1.807, 2.05) is 6.92 Å². The Bertz CT molecular complexity index is 329. The fourth-order valence-electron chi connectivity index (χ4n) is 1.20. The van der Waals surface area contributed by atoms with Gasteiger partial charge in [-0.25, -0.2) is 8.42 Å². The van der Waals surface area contributed by atoms with Crippen LogP contribution in [0.2, 0.25) is 0 Å². The van der Waals surface area contributed by atoms with Gasteiger partial charge in [-0.3, -0.25) is 4.79 Å². The molecule has 0 fully saturated rings. The molecule has 0 aliphatic heterocycles. The first-order chi connectivity index (χ1) is 7.78. The van der Waals surface area contributed by atoms with Crippen molar-refractivity contribution < 1.29 is 17.9 Å². The van der Waals surface area contributed by atoms with E-state index in [-0.39, 0.29) is 18.1 Å². The summed E-state index contributed by atoms with van der Waals surface area (Å²) >= 11 is 0. The Labute approximate surface area is 103 Å². The van der Waals surface area contributed by atoms with Crippen molar-refractivity contribution in [2.24, 2.45) is 5.73 Å². The maximum atomic E-state index is 11.7. The molecule has 0 aromatic heterocycles. The Kier molecular flexibility index (Phi) is 7.33. The summed E-state index contributed by atoms with van der Waals surface area (Å²) in [6, 6.07) is -0.767. The van der Waals surface area contributed by atoms with Crippen LogP contribution in [0.5, 0.6) is 0 Å². The molecule has 0 aromatic carbocycles. The average molecular weight is 266 g/mol. The Morgan fingerprint density at radius 1 is 1.47 bits per heavy atom. The molecular weight excluding hydrogens is 244 g/mol. The van der Waals surface area contributed by atoms with Crippen LogP contribution in [-0.2, 0) is 19.4 Å². The van der Waals surface area contributed by atoms with Gasteiger partial charge in [-0.1, -0.05) is 0 Å². The predicted molar refractivity (Wildman–Crippen MR) is 66.4 cm³/mol. The molecule has 2 N–H and O–H groups in total. The molecule has 0 spiro atoms. The molecule has 0 rings (SSSR count). The molecule has 1 unspecified atom stereocenters. The summed E-state index contributed by atoms with van der Waals surface area (Å²) in [5, 5.41) is 0. The Hall–Kier alpha value is -0.660. The lowest BCUT2D eigenvalue weighted by Crippen LogP contribution is -2.43. The number of carbonyl (C=O) groups is 1. The van der Waals surface area contributed by atoms with E-state index in [1.54, 1.807) is 7.05 Å². The number of ether oxygens (including phenoxy) is 1. The monoisotopic (exact) mass is 266 g/mol.